The highest BCUT2D eigenvalue weighted by atomic mass is 79.9. The fourth-order valence-electron chi connectivity index (χ4n) is 2.80. The topological polar surface area (TPSA) is 63.5 Å². The van der Waals surface area contributed by atoms with Crippen molar-refractivity contribution in [3.05, 3.63) is 38.3 Å². The van der Waals surface area contributed by atoms with Crippen LogP contribution in [0.25, 0.3) is 0 Å². The van der Waals surface area contributed by atoms with E-state index in [2.05, 4.69) is 29.8 Å². The van der Waals surface area contributed by atoms with Crippen LogP contribution in [0.15, 0.2) is 22.7 Å². The van der Waals surface area contributed by atoms with Crippen LogP contribution in [-0.2, 0) is 0 Å². The largest absolute Gasteiger partial charge is 0.338 e. The third-order valence-electron chi connectivity index (χ3n) is 3.55. The van der Waals surface area contributed by atoms with Gasteiger partial charge in [-0.25, -0.2) is 0 Å². The standard InChI is InChI=1S/C14H17BrN2O3/c1-9-5-10(2)8-16(7-9)14(18)11-3-4-12(15)13(6-11)17(19)20/h3-4,6,9-10H,5,7-8H2,1-2H3. The van der Waals surface area contributed by atoms with Crippen molar-refractivity contribution in [2.24, 2.45) is 11.8 Å². The molecule has 2 rings (SSSR count). The molecule has 108 valence electrons. The summed E-state index contributed by atoms with van der Waals surface area (Å²) in [6.45, 7) is 5.68. The minimum absolute atomic E-state index is 0.0750. The molecular formula is C14H17BrN2O3. The molecule has 6 heteroatoms. The van der Waals surface area contributed by atoms with Gasteiger partial charge in [-0.1, -0.05) is 13.8 Å². The molecule has 1 aromatic carbocycles. The van der Waals surface area contributed by atoms with Gasteiger partial charge in [0.1, 0.15) is 0 Å². The Bertz CT molecular complexity index is 537. The van der Waals surface area contributed by atoms with Gasteiger partial charge in [0.15, 0.2) is 0 Å². The van der Waals surface area contributed by atoms with E-state index in [1.807, 2.05) is 0 Å². The second-order valence-corrected chi connectivity index (χ2v) is 6.43. The van der Waals surface area contributed by atoms with Crippen LogP contribution in [0.3, 0.4) is 0 Å². The normalized spacial score (nSPS) is 22.6. The summed E-state index contributed by atoms with van der Waals surface area (Å²) in [4.78, 5) is 24.7. The number of hydrogen-bond acceptors (Lipinski definition) is 3. The fourth-order valence-corrected chi connectivity index (χ4v) is 3.19. The van der Waals surface area contributed by atoms with E-state index in [1.165, 1.54) is 6.07 Å². The zero-order chi connectivity index (χ0) is 14.9. The lowest BCUT2D eigenvalue weighted by molar-refractivity contribution is -0.385. The van der Waals surface area contributed by atoms with E-state index in [0.717, 1.165) is 6.42 Å². The maximum Gasteiger partial charge on any atom is 0.284 e. The first-order chi connectivity index (χ1) is 9.38. The van der Waals surface area contributed by atoms with E-state index >= 15 is 0 Å². The second-order valence-electron chi connectivity index (χ2n) is 5.58. The van der Waals surface area contributed by atoms with Crippen molar-refractivity contribution in [2.75, 3.05) is 13.1 Å². The number of likely N-dealkylation sites (tertiary alicyclic amines) is 1. The van der Waals surface area contributed by atoms with Crippen LogP contribution in [0.4, 0.5) is 5.69 Å². The molecule has 1 saturated heterocycles. The average Bonchev–Trinajstić information content (AvgIpc) is 2.37. The first-order valence-corrected chi connectivity index (χ1v) is 7.41. The summed E-state index contributed by atoms with van der Waals surface area (Å²) >= 11 is 3.13. The van der Waals surface area contributed by atoms with Gasteiger partial charge in [0.25, 0.3) is 11.6 Å². The molecule has 1 fully saturated rings. The van der Waals surface area contributed by atoms with Crippen molar-refractivity contribution in [2.45, 2.75) is 20.3 Å². The van der Waals surface area contributed by atoms with Crippen molar-refractivity contribution in [1.29, 1.82) is 0 Å². The summed E-state index contributed by atoms with van der Waals surface area (Å²) in [6.07, 6.45) is 1.12. The number of amides is 1. The summed E-state index contributed by atoms with van der Waals surface area (Å²) in [5.41, 5.74) is 0.301. The molecule has 1 aliphatic heterocycles. The number of rotatable bonds is 2. The minimum Gasteiger partial charge on any atom is -0.338 e. The van der Waals surface area contributed by atoms with Gasteiger partial charge < -0.3 is 4.90 Å². The number of halogens is 1. The Morgan fingerprint density at radius 2 is 1.95 bits per heavy atom. The smallest absolute Gasteiger partial charge is 0.284 e. The van der Waals surface area contributed by atoms with Crippen molar-refractivity contribution in [1.82, 2.24) is 4.90 Å². The van der Waals surface area contributed by atoms with E-state index in [9.17, 15) is 14.9 Å². The van der Waals surface area contributed by atoms with Crippen LogP contribution in [-0.4, -0.2) is 28.8 Å². The second kappa shape index (κ2) is 5.91. The molecule has 0 bridgehead atoms. The Hall–Kier alpha value is -1.43. The van der Waals surface area contributed by atoms with Crippen LogP contribution in [0.5, 0.6) is 0 Å². The van der Waals surface area contributed by atoms with Crippen LogP contribution >= 0.6 is 15.9 Å². The van der Waals surface area contributed by atoms with Crippen molar-refractivity contribution in [3.63, 3.8) is 0 Å². The molecule has 2 unspecified atom stereocenters. The molecule has 1 amide bonds. The first kappa shape index (κ1) is 15.0. The molecule has 0 radical (unpaired) electrons. The first-order valence-electron chi connectivity index (χ1n) is 6.61. The van der Waals surface area contributed by atoms with Crippen molar-refractivity contribution >= 4 is 27.5 Å². The number of piperidine rings is 1. The molecule has 0 saturated carbocycles. The molecular weight excluding hydrogens is 324 g/mol. The molecule has 1 aromatic rings. The SMILES string of the molecule is CC1CC(C)CN(C(=O)c2ccc(Br)c([N+](=O)[O-])c2)C1. The Morgan fingerprint density at radius 3 is 2.50 bits per heavy atom. The summed E-state index contributed by atoms with van der Waals surface area (Å²) in [6, 6.07) is 4.53. The van der Waals surface area contributed by atoms with Gasteiger partial charge in [-0.3, -0.25) is 14.9 Å². The molecule has 0 N–H and O–H groups in total. The highest BCUT2D eigenvalue weighted by Crippen LogP contribution is 2.28. The van der Waals surface area contributed by atoms with Gasteiger partial charge in [0, 0.05) is 24.7 Å². The predicted octanol–water partition coefficient (Wildman–Crippen LogP) is 3.48. The fraction of sp³-hybridized carbons (Fsp3) is 0.500. The molecule has 0 spiro atoms. The van der Waals surface area contributed by atoms with Gasteiger partial charge >= 0.3 is 0 Å². The van der Waals surface area contributed by atoms with E-state index in [-0.39, 0.29) is 11.6 Å². The average molecular weight is 341 g/mol. The predicted molar refractivity (Wildman–Crippen MR) is 79.6 cm³/mol. The third-order valence-corrected chi connectivity index (χ3v) is 4.22. The van der Waals surface area contributed by atoms with Gasteiger partial charge in [0.2, 0.25) is 0 Å². The van der Waals surface area contributed by atoms with Crippen molar-refractivity contribution in [3.8, 4) is 0 Å². The maximum absolute atomic E-state index is 12.5. The van der Waals surface area contributed by atoms with E-state index in [1.54, 1.807) is 17.0 Å². The highest BCUT2D eigenvalue weighted by molar-refractivity contribution is 9.10. The lowest BCUT2D eigenvalue weighted by Crippen LogP contribution is -2.42. The number of nitro benzene ring substituents is 1. The van der Waals surface area contributed by atoms with Crippen LogP contribution in [0.1, 0.15) is 30.6 Å². The third kappa shape index (κ3) is 3.17. The number of nitrogens with zero attached hydrogens (tertiary/aromatic N) is 2. The number of nitro groups is 1. The number of carbonyl (C=O) groups is 1. The molecule has 0 aromatic heterocycles. The van der Waals surface area contributed by atoms with Gasteiger partial charge in [-0.15, -0.1) is 0 Å². The Morgan fingerprint density at radius 1 is 1.35 bits per heavy atom. The van der Waals surface area contributed by atoms with Crippen LogP contribution < -0.4 is 0 Å². The Balaban J connectivity index is 2.25. The van der Waals surface area contributed by atoms with E-state index in [0.29, 0.717) is 35.0 Å². The molecule has 20 heavy (non-hydrogen) atoms. The monoisotopic (exact) mass is 340 g/mol. The summed E-state index contributed by atoms with van der Waals surface area (Å²) in [5.74, 6) is 0.806. The zero-order valence-corrected chi connectivity index (χ0v) is 13.1. The van der Waals surface area contributed by atoms with Gasteiger partial charge in [-0.05, 0) is 46.3 Å². The summed E-state index contributed by atoms with van der Waals surface area (Å²) in [5, 5.41) is 10.9. The summed E-state index contributed by atoms with van der Waals surface area (Å²) < 4.78 is 0.388. The quantitative estimate of drug-likeness (QED) is 0.611. The molecule has 2 atom stereocenters. The van der Waals surface area contributed by atoms with Gasteiger partial charge in [0.05, 0.1) is 9.40 Å². The minimum atomic E-state index is -0.484. The number of benzene rings is 1. The van der Waals surface area contributed by atoms with Crippen molar-refractivity contribution < 1.29 is 9.72 Å². The van der Waals surface area contributed by atoms with E-state index in [4.69, 9.17) is 0 Å². The molecule has 5 nitrogen and oxygen atoms in total. The zero-order valence-electron chi connectivity index (χ0n) is 11.5. The number of carbonyl (C=O) groups excluding carboxylic acids is 1. The number of hydrogen-bond donors (Lipinski definition) is 0. The van der Waals surface area contributed by atoms with Crippen LogP contribution in [0.2, 0.25) is 0 Å². The molecule has 1 aliphatic rings. The summed E-state index contributed by atoms with van der Waals surface area (Å²) in [7, 11) is 0. The van der Waals surface area contributed by atoms with Crippen LogP contribution in [0, 0.1) is 22.0 Å². The Kier molecular flexibility index (Phi) is 4.42. The Labute approximate surface area is 126 Å². The van der Waals surface area contributed by atoms with E-state index < -0.39 is 4.92 Å². The lowest BCUT2D eigenvalue weighted by Gasteiger charge is -2.35. The molecule has 0 aliphatic carbocycles. The molecule has 1 heterocycles. The lowest BCUT2D eigenvalue weighted by atomic mass is 9.91. The van der Waals surface area contributed by atoms with Gasteiger partial charge in [-0.2, -0.15) is 0 Å². The highest BCUT2D eigenvalue weighted by Gasteiger charge is 2.27. The maximum atomic E-state index is 12.5.